The first kappa shape index (κ1) is 13.4. The summed E-state index contributed by atoms with van der Waals surface area (Å²) in [5.41, 5.74) is 1.28. The monoisotopic (exact) mass is 290 g/mol. The average molecular weight is 290 g/mol. The zero-order valence-electron chi connectivity index (χ0n) is 11.2. The maximum atomic E-state index is 11.2. The molecule has 1 aliphatic heterocycles. The lowest BCUT2D eigenvalue weighted by Gasteiger charge is -2.02. The normalized spacial score (nSPS) is 12.6. The van der Waals surface area contributed by atoms with Gasteiger partial charge in [-0.05, 0) is 25.0 Å². The highest BCUT2D eigenvalue weighted by Gasteiger charge is 2.18. The molecule has 3 rings (SSSR count). The van der Waals surface area contributed by atoms with Crippen molar-refractivity contribution in [2.45, 2.75) is 12.8 Å². The van der Waals surface area contributed by atoms with Crippen molar-refractivity contribution in [2.24, 2.45) is 0 Å². The van der Waals surface area contributed by atoms with E-state index in [4.69, 9.17) is 14.6 Å². The number of aryl methyl sites for hydroxylation is 1. The van der Waals surface area contributed by atoms with E-state index < -0.39 is 5.97 Å². The van der Waals surface area contributed by atoms with Gasteiger partial charge in [0.05, 0.1) is 5.69 Å². The third-order valence-corrected chi connectivity index (χ3v) is 3.22. The molecule has 0 radical (unpaired) electrons. The van der Waals surface area contributed by atoms with Crippen LogP contribution in [0.5, 0.6) is 11.5 Å². The van der Waals surface area contributed by atoms with Gasteiger partial charge in [-0.3, -0.25) is 0 Å². The second-order valence-electron chi connectivity index (χ2n) is 4.62. The number of aromatic nitrogens is 2. The Hall–Kier alpha value is -2.54. The maximum absolute atomic E-state index is 11.2. The largest absolute Gasteiger partial charge is 0.476 e. The van der Waals surface area contributed by atoms with E-state index in [-0.39, 0.29) is 19.1 Å². The molecule has 0 spiro atoms. The number of ether oxygens (including phenoxy) is 2. The van der Waals surface area contributed by atoms with Gasteiger partial charge in [-0.15, -0.1) is 0 Å². The molecule has 0 aliphatic carbocycles. The van der Waals surface area contributed by atoms with Crippen molar-refractivity contribution in [3.8, 4) is 17.2 Å². The Kier molecular flexibility index (Phi) is 3.49. The molecule has 7 nitrogen and oxygen atoms in total. The van der Waals surface area contributed by atoms with Gasteiger partial charge in [0.2, 0.25) is 6.79 Å². The lowest BCUT2D eigenvalue weighted by molar-refractivity contribution is 0.0688. The lowest BCUT2D eigenvalue weighted by Crippen LogP contribution is -2.03. The van der Waals surface area contributed by atoms with Crippen LogP contribution in [0.4, 0.5) is 0 Å². The number of carbonyl (C=O) groups is 1. The van der Waals surface area contributed by atoms with Crippen LogP contribution >= 0.6 is 0 Å². The molecular weight excluding hydrogens is 276 g/mol. The number of aliphatic hydroxyl groups is 1. The summed E-state index contributed by atoms with van der Waals surface area (Å²) in [6, 6.07) is 5.28. The molecule has 0 saturated heterocycles. The van der Waals surface area contributed by atoms with Gasteiger partial charge < -0.3 is 19.7 Å². The third kappa shape index (κ3) is 2.55. The fourth-order valence-corrected chi connectivity index (χ4v) is 2.20. The average Bonchev–Trinajstić information content (AvgIpc) is 3.10. The first-order chi connectivity index (χ1) is 10.2. The second-order valence-corrected chi connectivity index (χ2v) is 4.62. The summed E-state index contributed by atoms with van der Waals surface area (Å²) in [5, 5.41) is 22.2. The van der Waals surface area contributed by atoms with Crippen LogP contribution in [0.15, 0.2) is 24.4 Å². The van der Waals surface area contributed by atoms with Gasteiger partial charge in [0.1, 0.15) is 0 Å². The van der Waals surface area contributed by atoms with Crippen molar-refractivity contribution in [2.75, 3.05) is 13.4 Å². The number of hydrogen-bond acceptors (Lipinski definition) is 5. The summed E-state index contributed by atoms with van der Waals surface area (Å²) in [5.74, 6) is 0.184. The van der Waals surface area contributed by atoms with E-state index in [1.807, 2.05) is 0 Å². The molecule has 2 aromatic rings. The molecule has 0 unspecified atom stereocenters. The number of aromatic carboxylic acids is 1. The van der Waals surface area contributed by atoms with Crippen LogP contribution in [-0.4, -0.2) is 39.4 Å². The van der Waals surface area contributed by atoms with Crippen molar-refractivity contribution in [3.63, 3.8) is 0 Å². The molecule has 2 heterocycles. The SMILES string of the molecule is O=C(O)c1nn(-c2ccc3c(c2)OCO3)cc1CCCO. The van der Waals surface area contributed by atoms with Gasteiger partial charge in [-0.25, -0.2) is 9.48 Å². The van der Waals surface area contributed by atoms with Crippen molar-refractivity contribution >= 4 is 5.97 Å². The Morgan fingerprint density at radius 2 is 2.14 bits per heavy atom. The molecule has 0 atom stereocenters. The number of nitrogens with zero attached hydrogens (tertiary/aromatic N) is 2. The predicted octanol–water partition coefficient (Wildman–Crippen LogP) is 1.22. The highest BCUT2D eigenvalue weighted by atomic mass is 16.7. The topological polar surface area (TPSA) is 93.8 Å². The third-order valence-electron chi connectivity index (χ3n) is 3.22. The van der Waals surface area contributed by atoms with Gasteiger partial charge >= 0.3 is 5.97 Å². The van der Waals surface area contributed by atoms with E-state index in [2.05, 4.69) is 5.10 Å². The van der Waals surface area contributed by atoms with E-state index in [1.165, 1.54) is 4.68 Å². The minimum atomic E-state index is -1.08. The van der Waals surface area contributed by atoms with E-state index >= 15 is 0 Å². The number of carboxylic acid groups (broad SMARTS) is 1. The Balaban J connectivity index is 1.96. The predicted molar refractivity (Wildman–Crippen MR) is 72.1 cm³/mol. The molecular formula is C14H14N2O5. The van der Waals surface area contributed by atoms with E-state index in [0.29, 0.717) is 35.6 Å². The fourth-order valence-electron chi connectivity index (χ4n) is 2.20. The minimum Gasteiger partial charge on any atom is -0.476 e. The van der Waals surface area contributed by atoms with Gasteiger partial charge in [0, 0.05) is 24.4 Å². The summed E-state index contributed by atoms with van der Waals surface area (Å²) in [6.45, 7) is 0.189. The van der Waals surface area contributed by atoms with E-state index in [9.17, 15) is 9.90 Å². The Morgan fingerprint density at radius 1 is 1.33 bits per heavy atom. The molecule has 0 amide bonds. The molecule has 0 bridgehead atoms. The van der Waals surface area contributed by atoms with Crippen LogP contribution < -0.4 is 9.47 Å². The lowest BCUT2D eigenvalue weighted by atomic mass is 10.1. The van der Waals surface area contributed by atoms with Crippen molar-refractivity contribution in [1.29, 1.82) is 0 Å². The Bertz CT molecular complexity index is 680. The van der Waals surface area contributed by atoms with Crippen LogP contribution in [0, 0.1) is 0 Å². The zero-order chi connectivity index (χ0) is 14.8. The van der Waals surface area contributed by atoms with E-state index in [1.54, 1.807) is 24.4 Å². The second kappa shape index (κ2) is 5.45. The van der Waals surface area contributed by atoms with Crippen molar-refractivity contribution in [1.82, 2.24) is 9.78 Å². The molecule has 21 heavy (non-hydrogen) atoms. The fraction of sp³-hybridized carbons (Fsp3) is 0.286. The number of rotatable bonds is 5. The Labute approximate surface area is 120 Å². The summed E-state index contributed by atoms with van der Waals surface area (Å²) in [4.78, 5) is 11.2. The summed E-state index contributed by atoms with van der Waals surface area (Å²) in [6.07, 6.45) is 2.62. The quantitative estimate of drug-likeness (QED) is 0.860. The molecule has 1 aliphatic rings. The standard InChI is InChI=1S/C14H14N2O5/c17-5-1-2-9-7-16(15-13(9)14(18)19)10-3-4-11-12(6-10)21-8-20-11/h3-4,6-7,17H,1-2,5,8H2,(H,18,19). The Morgan fingerprint density at radius 3 is 2.90 bits per heavy atom. The summed E-state index contributed by atoms with van der Waals surface area (Å²) >= 11 is 0. The van der Waals surface area contributed by atoms with Crippen LogP contribution in [0.2, 0.25) is 0 Å². The van der Waals surface area contributed by atoms with Gasteiger partial charge in [-0.1, -0.05) is 0 Å². The number of fused-ring (bicyclic) bond motifs is 1. The zero-order valence-corrected chi connectivity index (χ0v) is 11.2. The molecule has 7 heteroatoms. The van der Waals surface area contributed by atoms with E-state index in [0.717, 1.165) is 0 Å². The number of carboxylic acids is 1. The highest BCUT2D eigenvalue weighted by Crippen LogP contribution is 2.33. The van der Waals surface area contributed by atoms with Crippen molar-refractivity contribution < 1.29 is 24.5 Å². The van der Waals surface area contributed by atoms with Gasteiger partial charge in [0.15, 0.2) is 17.2 Å². The first-order valence-corrected chi connectivity index (χ1v) is 6.52. The molecule has 2 N–H and O–H groups in total. The maximum Gasteiger partial charge on any atom is 0.356 e. The summed E-state index contributed by atoms with van der Waals surface area (Å²) in [7, 11) is 0. The summed E-state index contributed by atoms with van der Waals surface area (Å²) < 4.78 is 12.0. The van der Waals surface area contributed by atoms with Crippen LogP contribution in [0.3, 0.4) is 0 Å². The first-order valence-electron chi connectivity index (χ1n) is 6.52. The van der Waals surface area contributed by atoms with Gasteiger partial charge in [-0.2, -0.15) is 5.10 Å². The minimum absolute atomic E-state index is 0.00103. The number of benzene rings is 1. The molecule has 1 aromatic heterocycles. The van der Waals surface area contributed by atoms with Crippen LogP contribution in [0.25, 0.3) is 5.69 Å². The molecule has 1 aromatic carbocycles. The number of hydrogen-bond donors (Lipinski definition) is 2. The molecule has 0 saturated carbocycles. The van der Waals surface area contributed by atoms with Crippen LogP contribution in [0.1, 0.15) is 22.5 Å². The van der Waals surface area contributed by atoms with Gasteiger partial charge in [0.25, 0.3) is 0 Å². The van der Waals surface area contributed by atoms with Crippen molar-refractivity contribution in [3.05, 3.63) is 35.7 Å². The molecule has 0 fully saturated rings. The smallest absolute Gasteiger partial charge is 0.356 e. The van der Waals surface area contributed by atoms with Crippen LogP contribution in [-0.2, 0) is 6.42 Å². The highest BCUT2D eigenvalue weighted by molar-refractivity contribution is 5.87. The molecule has 110 valence electrons. The number of aliphatic hydroxyl groups excluding tert-OH is 1.